The number of amides is 1. The third-order valence-electron chi connectivity index (χ3n) is 3.81. The molecule has 1 heterocycles. The number of nitrogens with zero attached hydrogens (tertiary/aromatic N) is 1. The Morgan fingerprint density at radius 1 is 1.09 bits per heavy atom. The van der Waals surface area contributed by atoms with Crippen LogP contribution >= 0.6 is 11.6 Å². The maximum Gasteiger partial charge on any atom is 0.231 e. The van der Waals surface area contributed by atoms with Gasteiger partial charge in [-0.25, -0.2) is 0 Å². The van der Waals surface area contributed by atoms with E-state index in [1.165, 1.54) is 0 Å². The Balaban J connectivity index is 1.67. The number of carbonyl (C=O) groups excluding carboxylic acids is 1. The van der Waals surface area contributed by atoms with Crippen molar-refractivity contribution in [3.8, 4) is 11.5 Å². The van der Waals surface area contributed by atoms with Crippen LogP contribution in [0.1, 0.15) is 18.1 Å². The minimum atomic E-state index is 0.0903. The molecule has 0 aromatic heterocycles. The molecule has 0 fully saturated rings. The molecule has 120 valence electrons. The second-order valence-corrected chi connectivity index (χ2v) is 5.84. The fraction of sp³-hybridized carbons (Fsp3) is 0.278. The van der Waals surface area contributed by atoms with E-state index in [2.05, 4.69) is 0 Å². The van der Waals surface area contributed by atoms with Gasteiger partial charge in [0.25, 0.3) is 0 Å². The molecular formula is C18H18ClNO3. The summed E-state index contributed by atoms with van der Waals surface area (Å²) in [6, 6.07) is 13.2. The Bertz CT molecular complexity index is 700. The van der Waals surface area contributed by atoms with Crippen LogP contribution in [0.5, 0.6) is 11.5 Å². The SMILES string of the molecule is CCN(Cc1ccc2c(c1)OCO2)C(=O)Cc1ccc(Cl)cc1. The Labute approximate surface area is 140 Å². The molecule has 2 aromatic rings. The molecule has 23 heavy (non-hydrogen) atoms. The summed E-state index contributed by atoms with van der Waals surface area (Å²) in [4.78, 5) is 14.3. The fourth-order valence-electron chi connectivity index (χ4n) is 2.52. The number of benzene rings is 2. The van der Waals surface area contributed by atoms with Crippen LogP contribution in [0.15, 0.2) is 42.5 Å². The van der Waals surface area contributed by atoms with Gasteiger partial charge in [0.1, 0.15) is 0 Å². The predicted molar refractivity (Wildman–Crippen MR) is 88.8 cm³/mol. The van der Waals surface area contributed by atoms with Crippen LogP contribution in [0.4, 0.5) is 0 Å². The Kier molecular flexibility index (Phi) is 4.72. The van der Waals surface area contributed by atoms with Crippen LogP contribution in [0.2, 0.25) is 5.02 Å². The van der Waals surface area contributed by atoms with Crippen molar-refractivity contribution in [3.63, 3.8) is 0 Å². The number of carbonyl (C=O) groups is 1. The van der Waals surface area contributed by atoms with Gasteiger partial charge in [-0.15, -0.1) is 0 Å². The lowest BCUT2D eigenvalue weighted by Crippen LogP contribution is -2.31. The minimum absolute atomic E-state index is 0.0903. The smallest absolute Gasteiger partial charge is 0.231 e. The van der Waals surface area contributed by atoms with Crippen LogP contribution in [-0.4, -0.2) is 24.1 Å². The average molecular weight is 332 g/mol. The molecule has 0 bridgehead atoms. The van der Waals surface area contributed by atoms with E-state index < -0.39 is 0 Å². The summed E-state index contributed by atoms with van der Waals surface area (Å²) in [5.74, 6) is 1.58. The normalized spacial score (nSPS) is 12.3. The van der Waals surface area contributed by atoms with E-state index in [1.54, 1.807) is 12.1 Å². The monoisotopic (exact) mass is 331 g/mol. The first-order valence-electron chi connectivity index (χ1n) is 7.56. The molecule has 2 aromatic carbocycles. The first kappa shape index (κ1) is 15.7. The third kappa shape index (κ3) is 3.77. The zero-order valence-electron chi connectivity index (χ0n) is 12.9. The average Bonchev–Trinajstić information content (AvgIpc) is 3.02. The maximum atomic E-state index is 12.5. The van der Waals surface area contributed by atoms with Crippen molar-refractivity contribution in [2.75, 3.05) is 13.3 Å². The van der Waals surface area contributed by atoms with Gasteiger partial charge in [-0.05, 0) is 42.3 Å². The van der Waals surface area contributed by atoms with Crippen LogP contribution < -0.4 is 9.47 Å². The Hall–Kier alpha value is -2.20. The van der Waals surface area contributed by atoms with Gasteiger partial charge in [0.05, 0.1) is 6.42 Å². The van der Waals surface area contributed by atoms with E-state index in [0.717, 1.165) is 22.6 Å². The predicted octanol–water partition coefficient (Wildman–Crippen LogP) is 3.66. The van der Waals surface area contributed by atoms with Gasteiger partial charge in [0.15, 0.2) is 11.5 Å². The molecule has 4 nitrogen and oxygen atoms in total. The van der Waals surface area contributed by atoms with Crippen molar-refractivity contribution in [2.45, 2.75) is 19.9 Å². The molecule has 1 amide bonds. The van der Waals surface area contributed by atoms with Gasteiger partial charge < -0.3 is 14.4 Å². The van der Waals surface area contributed by atoms with Gasteiger partial charge in [-0.1, -0.05) is 29.8 Å². The van der Waals surface area contributed by atoms with Crippen LogP contribution in [0.25, 0.3) is 0 Å². The van der Waals surface area contributed by atoms with Gasteiger partial charge in [0, 0.05) is 18.1 Å². The van der Waals surface area contributed by atoms with Crippen molar-refractivity contribution >= 4 is 17.5 Å². The third-order valence-corrected chi connectivity index (χ3v) is 4.07. The second kappa shape index (κ2) is 6.92. The van der Waals surface area contributed by atoms with Crippen LogP contribution in [0, 0.1) is 0 Å². The molecule has 0 aliphatic carbocycles. The minimum Gasteiger partial charge on any atom is -0.454 e. The van der Waals surface area contributed by atoms with Crippen molar-refractivity contribution < 1.29 is 14.3 Å². The molecule has 0 saturated carbocycles. The summed E-state index contributed by atoms with van der Waals surface area (Å²) in [5, 5.41) is 0.675. The largest absolute Gasteiger partial charge is 0.454 e. The van der Waals surface area contributed by atoms with E-state index in [4.69, 9.17) is 21.1 Å². The second-order valence-electron chi connectivity index (χ2n) is 5.40. The summed E-state index contributed by atoms with van der Waals surface area (Å²) in [5.41, 5.74) is 1.99. The van der Waals surface area contributed by atoms with Crippen molar-refractivity contribution in [1.29, 1.82) is 0 Å². The molecule has 0 spiro atoms. The Morgan fingerprint density at radius 2 is 1.78 bits per heavy atom. The fourth-order valence-corrected chi connectivity index (χ4v) is 2.65. The molecule has 5 heteroatoms. The van der Waals surface area contributed by atoms with E-state index in [-0.39, 0.29) is 12.7 Å². The quantitative estimate of drug-likeness (QED) is 0.839. The zero-order valence-corrected chi connectivity index (χ0v) is 13.7. The zero-order chi connectivity index (χ0) is 16.2. The molecule has 1 aliphatic heterocycles. The highest BCUT2D eigenvalue weighted by Gasteiger charge is 2.17. The van der Waals surface area contributed by atoms with Gasteiger partial charge in [-0.3, -0.25) is 4.79 Å². The molecular weight excluding hydrogens is 314 g/mol. The summed E-state index contributed by atoms with van der Waals surface area (Å²) >= 11 is 5.87. The molecule has 0 N–H and O–H groups in total. The Morgan fingerprint density at radius 3 is 2.52 bits per heavy atom. The number of hydrogen-bond donors (Lipinski definition) is 0. The first-order valence-corrected chi connectivity index (χ1v) is 7.94. The van der Waals surface area contributed by atoms with E-state index in [9.17, 15) is 4.79 Å². The highest BCUT2D eigenvalue weighted by atomic mass is 35.5. The molecule has 0 radical (unpaired) electrons. The molecule has 0 unspecified atom stereocenters. The van der Waals surface area contributed by atoms with Gasteiger partial charge in [-0.2, -0.15) is 0 Å². The first-order chi connectivity index (χ1) is 11.2. The maximum absolute atomic E-state index is 12.5. The lowest BCUT2D eigenvalue weighted by atomic mass is 10.1. The lowest BCUT2D eigenvalue weighted by molar-refractivity contribution is -0.130. The van der Waals surface area contributed by atoms with E-state index >= 15 is 0 Å². The number of hydrogen-bond acceptors (Lipinski definition) is 3. The van der Waals surface area contributed by atoms with Crippen molar-refractivity contribution in [3.05, 3.63) is 58.6 Å². The number of ether oxygens (including phenoxy) is 2. The molecule has 0 saturated heterocycles. The highest BCUT2D eigenvalue weighted by molar-refractivity contribution is 6.30. The molecule has 3 rings (SSSR count). The summed E-state index contributed by atoms with van der Waals surface area (Å²) in [7, 11) is 0. The topological polar surface area (TPSA) is 38.8 Å². The molecule has 0 atom stereocenters. The number of fused-ring (bicyclic) bond motifs is 1. The summed E-state index contributed by atoms with van der Waals surface area (Å²) < 4.78 is 10.7. The standard InChI is InChI=1S/C18H18ClNO3/c1-2-20(18(21)10-13-3-6-15(19)7-4-13)11-14-5-8-16-17(9-14)23-12-22-16/h3-9H,2,10-12H2,1H3. The van der Waals surface area contributed by atoms with Gasteiger partial charge >= 0.3 is 0 Å². The van der Waals surface area contributed by atoms with Gasteiger partial charge in [0.2, 0.25) is 12.7 Å². The summed E-state index contributed by atoms with van der Waals surface area (Å²) in [6.07, 6.45) is 0.371. The highest BCUT2D eigenvalue weighted by Crippen LogP contribution is 2.32. The van der Waals surface area contributed by atoms with E-state index in [1.807, 2.05) is 42.2 Å². The number of likely N-dealkylation sites (N-methyl/N-ethyl adjacent to an activating group) is 1. The van der Waals surface area contributed by atoms with Crippen LogP contribution in [-0.2, 0) is 17.8 Å². The molecule has 1 aliphatic rings. The lowest BCUT2D eigenvalue weighted by Gasteiger charge is -2.21. The van der Waals surface area contributed by atoms with Crippen LogP contribution in [0.3, 0.4) is 0 Å². The number of rotatable bonds is 5. The number of halogens is 1. The summed E-state index contributed by atoms with van der Waals surface area (Å²) in [6.45, 7) is 3.44. The van der Waals surface area contributed by atoms with Crippen molar-refractivity contribution in [1.82, 2.24) is 4.90 Å². The van der Waals surface area contributed by atoms with Crippen molar-refractivity contribution in [2.24, 2.45) is 0 Å². The van der Waals surface area contributed by atoms with E-state index in [0.29, 0.717) is 24.5 Å².